The van der Waals surface area contributed by atoms with Crippen LogP contribution in [-0.2, 0) is 27.7 Å². The molecule has 2 aromatic heterocycles. The van der Waals surface area contributed by atoms with Gasteiger partial charge in [-0.25, -0.2) is 18.1 Å². The summed E-state index contributed by atoms with van der Waals surface area (Å²) in [5, 5.41) is 6.89. The molecular weight excluding hydrogens is 402 g/mol. The van der Waals surface area contributed by atoms with E-state index in [1.807, 2.05) is 22.2 Å². The van der Waals surface area contributed by atoms with Crippen LogP contribution >= 0.6 is 22.7 Å². The Labute approximate surface area is 165 Å². The van der Waals surface area contributed by atoms with Gasteiger partial charge in [-0.05, 0) is 48.7 Å². The summed E-state index contributed by atoms with van der Waals surface area (Å²) in [6, 6.07) is 6.91. The van der Waals surface area contributed by atoms with E-state index in [2.05, 4.69) is 9.71 Å². The van der Waals surface area contributed by atoms with Crippen molar-refractivity contribution in [2.24, 2.45) is 0 Å². The topological polar surface area (TPSA) is 79.4 Å². The Hall–Kier alpha value is -2.07. The highest BCUT2D eigenvalue weighted by Crippen LogP contribution is 2.31. The lowest BCUT2D eigenvalue weighted by Gasteiger charge is -2.17. The van der Waals surface area contributed by atoms with Gasteiger partial charge in [-0.3, -0.25) is 4.79 Å². The average molecular weight is 420 g/mol. The summed E-state index contributed by atoms with van der Waals surface area (Å²) < 4.78 is 26.2. The summed E-state index contributed by atoms with van der Waals surface area (Å²) >= 11 is 3.15. The van der Waals surface area contributed by atoms with Crippen molar-refractivity contribution in [3.05, 3.63) is 51.7 Å². The number of thiazole rings is 1. The van der Waals surface area contributed by atoms with Crippen molar-refractivity contribution >= 4 is 44.3 Å². The molecule has 140 valence electrons. The lowest BCUT2D eigenvalue weighted by Crippen LogP contribution is -2.30. The van der Waals surface area contributed by atoms with Gasteiger partial charge in [0.1, 0.15) is 5.01 Å². The second kappa shape index (κ2) is 7.16. The van der Waals surface area contributed by atoms with Gasteiger partial charge >= 0.3 is 0 Å². The van der Waals surface area contributed by atoms with Crippen molar-refractivity contribution in [2.75, 3.05) is 18.5 Å². The van der Waals surface area contributed by atoms with E-state index >= 15 is 0 Å². The van der Waals surface area contributed by atoms with E-state index in [0.29, 0.717) is 13.0 Å². The molecule has 1 N–H and O–H groups in total. The van der Waals surface area contributed by atoms with Crippen molar-refractivity contribution in [3.8, 4) is 10.6 Å². The highest BCUT2D eigenvalue weighted by atomic mass is 32.2. The third-order valence-corrected chi connectivity index (χ3v) is 7.51. The van der Waals surface area contributed by atoms with Crippen LogP contribution < -0.4 is 9.62 Å². The fourth-order valence-electron chi connectivity index (χ4n) is 3.08. The Morgan fingerprint density at radius 3 is 2.89 bits per heavy atom. The number of nitrogens with zero attached hydrogens (tertiary/aromatic N) is 2. The highest BCUT2D eigenvalue weighted by molar-refractivity contribution is 7.89. The molecule has 9 heteroatoms. The molecule has 1 aromatic carbocycles. The summed E-state index contributed by atoms with van der Waals surface area (Å²) in [5.41, 5.74) is 3.49. The molecule has 0 radical (unpaired) electrons. The second-order valence-corrected chi connectivity index (χ2v) is 9.65. The SMILES string of the molecule is CNS(=O)(=O)c1ccc2c(c1)CCN2C(=O)Cc1csc(-c2ccsc2)n1. The summed E-state index contributed by atoms with van der Waals surface area (Å²) in [4.78, 5) is 19.3. The van der Waals surface area contributed by atoms with Crippen LogP contribution in [0.15, 0.2) is 45.3 Å². The van der Waals surface area contributed by atoms with Gasteiger partial charge in [-0.1, -0.05) is 0 Å². The molecule has 0 saturated carbocycles. The Bertz CT molecular complexity index is 1090. The number of thiophene rings is 1. The van der Waals surface area contributed by atoms with Gasteiger partial charge < -0.3 is 4.90 Å². The van der Waals surface area contributed by atoms with Crippen LogP contribution in [0.3, 0.4) is 0 Å². The number of carbonyl (C=O) groups excluding carboxylic acids is 1. The maximum atomic E-state index is 12.8. The molecule has 0 fully saturated rings. The predicted octanol–water partition coefficient (Wildman–Crippen LogP) is 2.91. The zero-order valence-corrected chi connectivity index (χ0v) is 17.0. The van der Waals surface area contributed by atoms with Crippen molar-refractivity contribution in [1.82, 2.24) is 9.71 Å². The molecule has 0 atom stereocenters. The van der Waals surface area contributed by atoms with Gasteiger partial charge in [-0.15, -0.1) is 11.3 Å². The van der Waals surface area contributed by atoms with Gasteiger partial charge in [0.05, 0.1) is 17.0 Å². The van der Waals surface area contributed by atoms with Crippen molar-refractivity contribution < 1.29 is 13.2 Å². The number of amides is 1. The number of fused-ring (bicyclic) bond motifs is 1. The third kappa shape index (κ3) is 3.55. The largest absolute Gasteiger partial charge is 0.311 e. The molecule has 0 aliphatic carbocycles. The first-order valence-corrected chi connectivity index (χ1v) is 11.6. The molecule has 6 nitrogen and oxygen atoms in total. The minimum absolute atomic E-state index is 0.0276. The lowest BCUT2D eigenvalue weighted by atomic mass is 10.2. The number of aromatic nitrogens is 1. The second-order valence-electron chi connectivity index (χ2n) is 6.13. The van der Waals surface area contributed by atoms with Gasteiger partial charge in [0, 0.05) is 28.6 Å². The first kappa shape index (κ1) is 18.3. The maximum absolute atomic E-state index is 12.8. The normalized spacial score (nSPS) is 13.7. The molecule has 0 bridgehead atoms. The molecule has 1 aliphatic rings. The molecule has 0 spiro atoms. The Morgan fingerprint density at radius 2 is 2.15 bits per heavy atom. The molecule has 0 saturated heterocycles. The number of sulfonamides is 1. The molecule has 27 heavy (non-hydrogen) atoms. The van der Waals surface area contributed by atoms with Gasteiger partial charge in [0.15, 0.2) is 0 Å². The van der Waals surface area contributed by atoms with Crippen LogP contribution in [0.25, 0.3) is 10.6 Å². The van der Waals surface area contributed by atoms with E-state index in [1.54, 1.807) is 28.4 Å². The highest BCUT2D eigenvalue weighted by Gasteiger charge is 2.27. The van der Waals surface area contributed by atoms with Gasteiger partial charge in [0.2, 0.25) is 15.9 Å². The van der Waals surface area contributed by atoms with Crippen LogP contribution in [0.1, 0.15) is 11.3 Å². The number of benzene rings is 1. The fraction of sp³-hybridized carbons (Fsp3) is 0.222. The lowest BCUT2D eigenvalue weighted by molar-refractivity contribution is -0.117. The fourth-order valence-corrected chi connectivity index (χ4v) is 5.39. The first-order chi connectivity index (χ1) is 13.0. The van der Waals surface area contributed by atoms with Crippen LogP contribution in [-0.4, -0.2) is 32.9 Å². The Balaban J connectivity index is 1.52. The molecular formula is C18H17N3O3S3. The zero-order valence-electron chi connectivity index (χ0n) is 14.5. The van der Waals surface area contributed by atoms with E-state index in [9.17, 15) is 13.2 Å². The maximum Gasteiger partial charge on any atom is 0.240 e. The van der Waals surface area contributed by atoms with Gasteiger partial charge in [-0.2, -0.15) is 11.3 Å². The van der Waals surface area contributed by atoms with Crippen molar-refractivity contribution in [3.63, 3.8) is 0 Å². The molecule has 4 rings (SSSR count). The quantitative estimate of drug-likeness (QED) is 0.690. The molecule has 3 aromatic rings. The summed E-state index contributed by atoms with van der Waals surface area (Å²) in [6.45, 7) is 0.554. The standard InChI is InChI=1S/C18H17N3O3S3/c1-19-27(23,24)15-2-3-16-12(8-15)4-6-21(16)17(22)9-14-11-26-18(20-14)13-5-7-25-10-13/h2-3,5,7-8,10-11,19H,4,6,9H2,1H3. The predicted molar refractivity (Wildman–Crippen MR) is 108 cm³/mol. The molecule has 3 heterocycles. The van der Waals surface area contributed by atoms with E-state index in [0.717, 1.165) is 27.5 Å². The van der Waals surface area contributed by atoms with Crippen LogP contribution in [0.5, 0.6) is 0 Å². The minimum atomic E-state index is -3.49. The van der Waals surface area contributed by atoms with Crippen LogP contribution in [0.4, 0.5) is 5.69 Å². The van der Waals surface area contributed by atoms with E-state index in [1.165, 1.54) is 24.5 Å². The smallest absolute Gasteiger partial charge is 0.240 e. The Kier molecular flexibility index (Phi) is 4.85. The number of rotatable bonds is 5. The zero-order chi connectivity index (χ0) is 19.0. The van der Waals surface area contributed by atoms with Gasteiger partial charge in [0.25, 0.3) is 0 Å². The number of carbonyl (C=O) groups is 1. The number of nitrogens with one attached hydrogen (secondary N) is 1. The average Bonchev–Trinajstić information content (AvgIpc) is 3.40. The summed E-state index contributed by atoms with van der Waals surface area (Å²) in [5.74, 6) is -0.0276. The summed E-state index contributed by atoms with van der Waals surface area (Å²) in [7, 11) is -2.10. The van der Waals surface area contributed by atoms with Crippen LogP contribution in [0.2, 0.25) is 0 Å². The monoisotopic (exact) mass is 419 g/mol. The van der Waals surface area contributed by atoms with Crippen molar-refractivity contribution in [2.45, 2.75) is 17.7 Å². The number of hydrogen-bond donors (Lipinski definition) is 1. The van der Waals surface area contributed by atoms with E-state index in [4.69, 9.17) is 0 Å². The van der Waals surface area contributed by atoms with E-state index < -0.39 is 10.0 Å². The number of hydrogen-bond acceptors (Lipinski definition) is 6. The number of anilines is 1. The minimum Gasteiger partial charge on any atom is -0.311 e. The molecule has 0 unspecified atom stereocenters. The summed E-state index contributed by atoms with van der Waals surface area (Å²) in [6.07, 6.45) is 0.877. The van der Waals surface area contributed by atoms with E-state index in [-0.39, 0.29) is 17.2 Å². The first-order valence-electron chi connectivity index (χ1n) is 8.32. The molecule has 1 amide bonds. The molecule has 1 aliphatic heterocycles. The Morgan fingerprint density at radius 1 is 1.30 bits per heavy atom. The van der Waals surface area contributed by atoms with Crippen LogP contribution in [0, 0.1) is 0 Å². The third-order valence-electron chi connectivity index (χ3n) is 4.48. The van der Waals surface area contributed by atoms with Crippen molar-refractivity contribution in [1.29, 1.82) is 0 Å².